The molecule has 140 valence electrons. The van der Waals surface area contributed by atoms with Crippen LogP contribution in [0.1, 0.15) is 71.0 Å². The second kappa shape index (κ2) is 7.09. The first kappa shape index (κ1) is 18.4. The summed E-state index contributed by atoms with van der Waals surface area (Å²) in [6, 6.07) is -0.0214. The lowest BCUT2D eigenvalue weighted by molar-refractivity contribution is 0.0512. The summed E-state index contributed by atoms with van der Waals surface area (Å²) in [5, 5.41) is 7.01. The molecule has 0 radical (unpaired) electrons. The number of hydrogen-bond donors (Lipinski definition) is 1. The minimum absolute atomic E-state index is 0.0214. The Labute approximate surface area is 154 Å². The van der Waals surface area contributed by atoms with E-state index in [4.69, 9.17) is 9.26 Å². The zero-order chi connectivity index (χ0) is 18.9. The Kier molecular flexibility index (Phi) is 5.03. The normalized spacial score (nSPS) is 21.1. The van der Waals surface area contributed by atoms with E-state index in [-0.39, 0.29) is 12.1 Å². The van der Waals surface area contributed by atoms with Gasteiger partial charge in [-0.25, -0.2) is 4.79 Å². The Morgan fingerprint density at radius 3 is 2.69 bits per heavy atom. The fraction of sp³-hybridized carbons (Fsp3) is 0.550. The van der Waals surface area contributed by atoms with E-state index in [1.165, 1.54) is 0 Å². The molecule has 0 bridgehead atoms. The van der Waals surface area contributed by atoms with Crippen molar-refractivity contribution < 1.29 is 14.1 Å². The monoisotopic (exact) mass is 357 g/mol. The molecule has 0 aliphatic heterocycles. The van der Waals surface area contributed by atoms with Gasteiger partial charge in [0.25, 0.3) is 5.89 Å². The highest BCUT2D eigenvalue weighted by Crippen LogP contribution is 2.38. The molecule has 1 saturated carbocycles. The Bertz CT molecular complexity index is 764. The Morgan fingerprint density at radius 2 is 2.08 bits per heavy atom. The van der Waals surface area contributed by atoms with Crippen molar-refractivity contribution >= 4 is 11.7 Å². The molecule has 1 amide bonds. The summed E-state index contributed by atoms with van der Waals surface area (Å²) in [4.78, 5) is 16.5. The van der Waals surface area contributed by atoms with Crippen LogP contribution in [0.5, 0.6) is 0 Å². The molecule has 2 aliphatic carbocycles. The van der Waals surface area contributed by atoms with Gasteiger partial charge in [-0.2, -0.15) is 4.98 Å². The number of carbonyl (C=O) groups excluding carboxylic acids is 1. The van der Waals surface area contributed by atoms with Crippen LogP contribution in [0.15, 0.2) is 34.4 Å². The fourth-order valence-electron chi connectivity index (χ4n) is 3.01. The van der Waals surface area contributed by atoms with Gasteiger partial charge in [0.05, 0.1) is 6.04 Å². The van der Waals surface area contributed by atoms with Crippen molar-refractivity contribution in [2.75, 3.05) is 0 Å². The van der Waals surface area contributed by atoms with E-state index in [9.17, 15) is 4.79 Å². The molecule has 0 aromatic carbocycles. The van der Waals surface area contributed by atoms with Gasteiger partial charge in [-0.1, -0.05) is 17.8 Å². The summed E-state index contributed by atoms with van der Waals surface area (Å²) in [5.74, 6) is 1.74. The van der Waals surface area contributed by atoms with E-state index in [0.717, 1.165) is 48.2 Å². The summed E-state index contributed by atoms with van der Waals surface area (Å²) < 4.78 is 10.7. The second-order valence-corrected chi connectivity index (χ2v) is 7.98. The molecular formula is C20H27N3O3. The maximum absolute atomic E-state index is 12.0. The van der Waals surface area contributed by atoms with Gasteiger partial charge in [-0.05, 0) is 70.6 Å². The van der Waals surface area contributed by atoms with Crippen LogP contribution >= 0.6 is 0 Å². The van der Waals surface area contributed by atoms with Gasteiger partial charge in [0.2, 0.25) is 0 Å². The van der Waals surface area contributed by atoms with Gasteiger partial charge >= 0.3 is 6.09 Å². The zero-order valence-electron chi connectivity index (χ0n) is 16.0. The number of amides is 1. The quantitative estimate of drug-likeness (QED) is 0.784. The summed E-state index contributed by atoms with van der Waals surface area (Å²) >= 11 is 0. The number of allylic oxidation sites excluding steroid dienone is 4. The number of nitrogens with one attached hydrogen (secondary N) is 1. The maximum atomic E-state index is 12.0. The van der Waals surface area contributed by atoms with Crippen molar-refractivity contribution in [3.05, 3.63) is 41.6 Å². The van der Waals surface area contributed by atoms with Crippen LogP contribution < -0.4 is 5.32 Å². The van der Waals surface area contributed by atoms with Crippen molar-refractivity contribution in [2.24, 2.45) is 0 Å². The lowest BCUT2D eigenvalue weighted by Gasteiger charge is -2.22. The standard InChI is InChI=1S/C20H27N3O3/c1-6-13(18-22-17(23-26-18)14-7-8-14)11-15-9-10-16(12(15)2)21-19(24)25-20(3,4)5/h6,11,14,16H,1,7-10H2,2-5H3,(H,21,24)/b13-11+/t16-/m1/s1. The average Bonchev–Trinajstić information content (AvgIpc) is 3.20. The van der Waals surface area contributed by atoms with Gasteiger partial charge in [-0.15, -0.1) is 0 Å². The van der Waals surface area contributed by atoms with E-state index < -0.39 is 5.60 Å². The topological polar surface area (TPSA) is 77.2 Å². The number of nitrogens with zero attached hydrogens (tertiary/aromatic N) is 2. The first-order valence-electron chi connectivity index (χ1n) is 9.14. The Balaban J connectivity index is 1.72. The molecule has 3 rings (SSSR count). The molecule has 1 aromatic heterocycles. The predicted octanol–water partition coefficient (Wildman–Crippen LogP) is 4.52. The van der Waals surface area contributed by atoms with Crippen LogP contribution in [0.4, 0.5) is 4.79 Å². The molecule has 1 aromatic rings. The van der Waals surface area contributed by atoms with Crippen molar-refractivity contribution in [3.63, 3.8) is 0 Å². The van der Waals surface area contributed by atoms with Crippen molar-refractivity contribution in [2.45, 2.75) is 70.9 Å². The van der Waals surface area contributed by atoms with Crippen LogP contribution in [0.3, 0.4) is 0 Å². The number of alkyl carbamates (subject to hydrolysis) is 1. The minimum Gasteiger partial charge on any atom is -0.444 e. The molecule has 2 aliphatic rings. The molecule has 26 heavy (non-hydrogen) atoms. The number of rotatable bonds is 5. The summed E-state index contributed by atoms with van der Waals surface area (Å²) in [6.07, 6.45) is 7.36. The molecule has 1 fully saturated rings. The minimum atomic E-state index is -0.504. The average molecular weight is 357 g/mol. The Morgan fingerprint density at radius 1 is 1.35 bits per heavy atom. The number of hydrogen-bond acceptors (Lipinski definition) is 5. The third-order valence-electron chi connectivity index (χ3n) is 4.60. The first-order valence-corrected chi connectivity index (χ1v) is 9.14. The van der Waals surface area contributed by atoms with Gasteiger partial charge < -0.3 is 14.6 Å². The van der Waals surface area contributed by atoms with E-state index in [1.54, 1.807) is 6.08 Å². The highest BCUT2D eigenvalue weighted by molar-refractivity contribution is 5.72. The van der Waals surface area contributed by atoms with Crippen molar-refractivity contribution in [3.8, 4) is 0 Å². The van der Waals surface area contributed by atoms with Gasteiger partial charge in [0, 0.05) is 11.5 Å². The second-order valence-electron chi connectivity index (χ2n) is 7.98. The molecule has 6 nitrogen and oxygen atoms in total. The van der Waals surface area contributed by atoms with Gasteiger partial charge in [-0.3, -0.25) is 0 Å². The molecular weight excluding hydrogens is 330 g/mol. The molecule has 0 unspecified atom stereocenters. The molecule has 1 N–H and O–H groups in total. The van der Waals surface area contributed by atoms with E-state index in [2.05, 4.69) is 22.0 Å². The number of ether oxygens (including phenoxy) is 1. The summed E-state index contributed by atoms with van der Waals surface area (Å²) in [5.41, 5.74) is 2.59. The maximum Gasteiger partial charge on any atom is 0.408 e. The smallest absolute Gasteiger partial charge is 0.408 e. The van der Waals surface area contributed by atoms with Crippen LogP contribution in [-0.4, -0.2) is 27.9 Å². The predicted molar refractivity (Wildman–Crippen MR) is 99.5 cm³/mol. The van der Waals surface area contributed by atoms with Crippen LogP contribution in [-0.2, 0) is 4.74 Å². The van der Waals surface area contributed by atoms with Crippen LogP contribution in [0.25, 0.3) is 5.57 Å². The van der Waals surface area contributed by atoms with E-state index >= 15 is 0 Å². The molecule has 1 atom stereocenters. The third-order valence-corrected chi connectivity index (χ3v) is 4.60. The number of aromatic nitrogens is 2. The lowest BCUT2D eigenvalue weighted by atomic mass is 10.1. The highest BCUT2D eigenvalue weighted by Gasteiger charge is 2.29. The van der Waals surface area contributed by atoms with E-state index in [1.807, 2.05) is 33.8 Å². The lowest BCUT2D eigenvalue weighted by Crippen LogP contribution is -2.38. The third kappa shape index (κ3) is 4.42. The summed E-state index contributed by atoms with van der Waals surface area (Å²) in [6.45, 7) is 11.5. The number of carbonyl (C=O) groups is 1. The Hall–Kier alpha value is -2.37. The zero-order valence-corrected chi connectivity index (χ0v) is 16.0. The van der Waals surface area contributed by atoms with Crippen molar-refractivity contribution in [1.82, 2.24) is 15.5 Å². The fourth-order valence-corrected chi connectivity index (χ4v) is 3.01. The van der Waals surface area contributed by atoms with Gasteiger partial charge in [0.15, 0.2) is 5.82 Å². The summed E-state index contributed by atoms with van der Waals surface area (Å²) in [7, 11) is 0. The first-order chi connectivity index (χ1) is 12.3. The largest absolute Gasteiger partial charge is 0.444 e. The van der Waals surface area contributed by atoms with Crippen LogP contribution in [0, 0.1) is 0 Å². The van der Waals surface area contributed by atoms with Crippen molar-refractivity contribution in [1.29, 1.82) is 0 Å². The molecule has 6 heteroatoms. The SMILES string of the molecule is C=C/C(=C\C1=C(C)[C@H](NC(=O)OC(C)(C)C)CC1)c1nc(C2CC2)no1. The molecule has 0 saturated heterocycles. The van der Waals surface area contributed by atoms with E-state index in [0.29, 0.717) is 11.8 Å². The van der Waals surface area contributed by atoms with Crippen LogP contribution in [0.2, 0.25) is 0 Å². The highest BCUT2D eigenvalue weighted by atomic mass is 16.6. The molecule has 0 spiro atoms. The molecule has 1 heterocycles. The van der Waals surface area contributed by atoms with Gasteiger partial charge in [0.1, 0.15) is 5.60 Å².